The van der Waals surface area contributed by atoms with Crippen LogP contribution in [-0.2, 0) is 0 Å². The number of nitrogens with zero attached hydrogens (tertiary/aromatic N) is 2. The van der Waals surface area contributed by atoms with E-state index in [4.69, 9.17) is 0 Å². The number of halogens is 3. The van der Waals surface area contributed by atoms with Crippen LogP contribution in [0.2, 0.25) is 0 Å². The van der Waals surface area contributed by atoms with Crippen molar-refractivity contribution in [2.24, 2.45) is 11.8 Å². The second-order valence-corrected chi connectivity index (χ2v) is 8.52. The number of carbonyl (C=O) groups is 1. The molecule has 6 heteroatoms. The molecule has 2 fully saturated rings. The molecule has 3 atom stereocenters. The molecule has 0 bridgehead atoms. The lowest BCUT2D eigenvalue weighted by Gasteiger charge is -2.26. The van der Waals surface area contributed by atoms with Crippen LogP contribution in [0.4, 0.5) is 4.39 Å². The summed E-state index contributed by atoms with van der Waals surface area (Å²) < 4.78 is 13.7. The molecule has 0 N–H and O–H groups in total. The van der Waals surface area contributed by atoms with Gasteiger partial charge in [-0.05, 0) is 56.5 Å². The zero-order valence-electron chi connectivity index (χ0n) is 17.6. The van der Waals surface area contributed by atoms with Crippen molar-refractivity contribution in [2.45, 2.75) is 25.8 Å². The average molecular weight is 453 g/mol. The summed E-state index contributed by atoms with van der Waals surface area (Å²) in [5.41, 5.74) is 3.08. The second-order valence-electron chi connectivity index (χ2n) is 8.52. The lowest BCUT2D eigenvalue weighted by Crippen LogP contribution is -2.30. The molecule has 4 rings (SSSR count). The first-order valence-electron chi connectivity index (χ1n) is 10.3. The van der Waals surface area contributed by atoms with E-state index in [1.165, 1.54) is 11.6 Å². The predicted octanol–water partition coefficient (Wildman–Crippen LogP) is 5.18. The van der Waals surface area contributed by atoms with E-state index in [0.717, 1.165) is 43.7 Å². The molecule has 164 valence electrons. The quantitative estimate of drug-likeness (QED) is 0.564. The van der Waals surface area contributed by atoms with Gasteiger partial charge in [-0.1, -0.05) is 42.0 Å². The van der Waals surface area contributed by atoms with Crippen LogP contribution in [0.5, 0.6) is 0 Å². The van der Waals surface area contributed by atoms with E-state index in [-0.39, 0.29) is 36.4 Å². The molecular formula is C24H31Cl2FN2O. The highest BCUT2D eigenvalue weighted by Gasteiger charge is 2.45. The number of hydrogen-bond donors (Lipinski definition) is 0. The third-order valence-electron chi connectivity index (χ3n) is 6.41. The van der Waals surface area contributed by atoms with Crippen LogP contribution in [-0.4, -0.2) is 48.8 Å². The van der Waals surface area contributed by atoms with Gasteiger partial charge in [0.25, 0.3) is 0 Å². The van der Waals surface area contributed by atoms with Gasteiger partial charge in [0.2, 0.25) is 0 Å². The Morgan fingerprint density at radius 3 is 2.50 bits per heavy atom. The van der Waals surface area contributed by atoms with E-state index in [0.29, 0.717) is 24.3 Å². The number of hydrogen-bond acceptors (Lipinski definition) is 3. The van der Waals surface area contributed by atoms with Crippen LogP contribution in [0.1, 0.15) is 40.4 Å². The van der Waals surface area contributed by atoms with Crippen LogP contribution >= 0.6 is 24.8 Å². The molecule has 3 nitrogen and oxygen atoms in total. The number of Topliss-reactive ketones (excluding diaryl/α,β-unsaturated/α-hetero) is 1. The minimum absolute atomic E-state index is 0. The van der Waals surface area contributed by atoms with Crippen molar-refractivity contribution in [3.63, 3.8) is 0 Å². The highest BCUT2D eigenvalue weighted by molar-refractivity contribution is 5.96. The molecular weight excluding hydrogens is 422 g/mol. The Kier molecular flexibility index (Phi) is 8.86. The molecule has 0 saturated carbocycles. The maximum atomic E-state index is 13.7. The third-order valence-corrected chi connectivity index (χ3v) is 6.41. The maximum Gasteiger partial charge on any atom is 0.162 e. The van der Waals surface area contributed by atoms with Crippen LogP contribution in [0.15, 0.2) is 48.5 Å². The van der Waals surface area contributed by atoms with Gasteiger partial charge in [0.1, 0.15) is 5.82 Å². The molecule has 0 spiro atoms. The number of likely N-dealkylation sites (tertiary alicyclic amines) is 2. The SMILES string of the molecule is Cc1ccc(C(=O)CCCN2C[C@@H]3CN(C)[C@@H](c4cccc(F)c4)[C@@H]3C2)cc1.Cl.Cl. The molecule has 30 heavy (non-hydrogen) atoms. The van der Waals surface area contributed by atoms with Crippen molar-refractivity contribution in [2.75, 3.05) is 33.2 Å². The van der Waals surface area contributed by atoms with Gasteiger partial charge in [-0.25, -0.2) is 4.39 Å². The number of ketones is 1. The van der Waals surface area contributed by atoms with Gasteiger partial charge in [-0.3, -0.25) is 9.69 Å². The monoisotopic (exact) mass is 452 g/mol. The number of rotatable bonds is 6. The second kappa shape index (κ2) is 10.7. The van der Waals surface area contributed by atoms with Gasteiger partial charge in [-0.2, -0.15) is 0 Å². The summed E-state index contributed by atoms with van der Waals surface area (Å²) in [5.74, 6) is 1.25. The third kappa shape index (κ3) is 5.42. The fourth-order valence-electron chi connectivity index (χ4n) is 5.07. The van der Waals surface area contributed by atoms with Gasteiger partial charge in [-0.15, -0.1) is 24.8 Å². The Morgan fingerprint density at radius 1 is 1.07 bits per heavy atom. The molecule has 0 unspecified atom stereocenters. The van der Waals surface area contributed by atoms with Crippen LogP contribution in [0.3, 0.4) is 0 Å². The summed E-state index contributed by atoms with van der Waals surface area (Å²) in [4.78, 5) is 17.3. The Labute approximate surface area is 191 Å². The molecule has 0 aromatic heterocycles. The van der Waals surface area contributed by atoms with E-state index in [2.05, 4.69) is 22.9 Å². The molecule has 2 aliphatic rings. The largest absolute Gasteiger partial charge is 0.303 e. The molecule has 0 radical (unpaired) electrons. The van der Waals surface area contributed by atoms with E-state index in [1.54, 1.807) is 6.07 Å². The standard InChI is InChI=1S/C24H29FN2O.2ClH/c1-17-8-10-18(11-9-17)23(28)7-4-12-27-15-20-14-26(2)24(22(20)16-27)19-5-3-6-21(25)13-19;;/h3,5-6,8-11,13,20,22,24H,4,7,12,14-16H2,1-2H3;2*1H/t20-,22+,24-;;/m0../s1. The van der Waals surface area contributed by atoms with Gasteiger partial charge >= 0.3 is 0 Å². The van der Waals surface area contributed by atoms with E-state index in [1.807, 2.05) is 37.3 Å². The topological polar surface area (TPSA) is 23.6 Å². The summed E-state index contributed by atoms with van der Waals surface area (Å²) in [6.07, 6.45) is 1.49. The average Bonchev–Trinajstić information content (AvgIpc) is 3.18. The van der Waals surface area contributed by atoms with Crippen molar-refractivity contribution in [1.29, 1.82) is 0 Å². The highest BCUT2D eigenvalue weighted by atomic mass is 35.5. The first kappa shape index (κ1) is 24.8. The lowest BCUT2D eigenvalue weighted by atomic mass is 9.89. The van der Waals surface area contributed by atoms with E-state index < -0.39 is 0 Å². The minimum atomic E-state index is -0.154. The van der Waals surface area contributed by atoms with Crippen molar-refractivity contribution >= 4 is 30.6 Å². The molecule has 2 aromatic carbocycles. The molecule has 2 saturated heterocycles. The predicted molar refractivity (Wildman–Crippen MR) is 124 cm³/mol. The van der Waals surface area contributed by atoms with Crippen LogP contribution < -0.4 is 0 Å². The first-order valence-corrected chi connectivity index (χ1v) is 10.3. The van der Waals surface area contributed by atoms with Gasteiger partial charge in [0, 0.05) is 37.7 Å². The summed E-state index contributed by atoms with van der Waals surface area (Å²) >= 11 is 0. The minimum Gasteiger partial charge on any atom is -0.303 e. The Morgan fingerprint density at radius 2 is 1.80 bits per heavy atom. The molecule has 0 aliphatic carbocycles. The normalized spacial score (nSPS) is 23.5. The number of aryl methyl sites for hydroxylation is 1. The maximum absolute atomic E-state index is 13.7. The van der Waals surface area contributed by atoms with Gasteiger partial charge in [0.15, 0.2) is 5.78 Å². The van der Waals surface area contributed by atoms with Crippen molar-refractivity contribution in [3.05, 3.63) is 71.0 Å². The summed E-state index contributed by atoms with van der Waals surface area (Å²) in [6, 6.07) is 15.2. The lowest BCUT2D eigenvalue weighted by molar-refractivity contribution is 0.0975. The van der Waals surface area contributed by atoms with Gasteiger partial charge in [0.05, 0.1) is 0 Å². The Hall–Kier alpha value is -1.46. The number of benzene rings is 2. The highest BCUT2D eigenvalue weighted by Crippen LogP contribution is 2.44. The van der Waals surface area contributed by atoms with E-state index in [9.17, 15) is 9.18 Å². The van der Waals surface area contributed by atoms with Crippen molar-refractivity contribution in [3.8, 4) is 0 Å². The Bertz CT molecular complexity index is 845. The fourth-order valence-corrected chi connectivity index (χ4v) is 5.07. The van der Waals surface area contributed by atoms with E-state index >= 15 is 0 Å². The molecule has 2 aliphatic heterocycles. The van der Waals surface area contributed by atoms with Crippen molar-refractivity contribution < 1.29 is 9.18 Å². The smallest absolute Gasteiger partial charge is 0.162 e. The Balaban J connectivity index is 0.00000160. The van der Waals surface area contributed by atoms with Crippen LogP contribution in [0.25, 0.3) is 0 Å². The zero-order valence-corrected chi connectivity index (χ0v) is 19.2. The zero-order chi connectivity index (χ0) is 19.7. The number of fused-ring (bicyclic) bond motifs is 1. The molecule has 2 heterocycles. The summed E-state index contributed by atoms with van der Waals surface area (Å²) in [6.45, 7) is 6.18. The summed E-state index contributed by atoms with van der Waals surface area (Å²) in [5, 5.41) is 0. The van der Waals surface area contributed by atoms with Crippen molar-refractivity contribution in [1.82, 2.24) is 9.80 Å². The summed E-state index contributed by atoms with van der Waals surface area (Å²) in [7, 11) is 2.15. The van der Waals surface area contributed by atoms with Crippen LogP contribution in [0, 0.1) is 24.6 Å². The number of carbonyl (C=O) groups excluding carboxylic acids is 1. The molecule has 2 aromatic rings. The molecule has 0 amide bonds. The first-order chi connectivity index (χ1) is 13.5. The van der Waals surface area contributed by atoms with Gasteiger partial charge < -0.3 is 4.90 Å². The fraction of sp³-hybridized carbons (Fsp3) is 0.458.